The minimum Gasteiger partial charge on any atom is -0.459 e. The molecule has 2 amide bonds. The Morgan fingerprint density at radius 1 is 1.17 bits per heavy atom. The Hall–Kier alpha value is -2.97. The zero-order chi connectivity index (χ0) is 17.7. The molecule has 0 fully saturated rings. The van der Waals surface area contributed by atoms with Crippen LogP contribution in [0.1, 0.15) is 17.5 Å². The van der Waals surface area contributed by atoms with Crippen LogP contribution in [0, 0.1) is 0 Å². The van der Waals surface area contributed by atoms with Crippen LogP contribution in [-0.4, -0.2) is 24.2 Å². The Balaban J connectivity index is 1.90. The van der Waals surface area contributed by atoms with Crippen molar-refractivity contribution in [2.24, 2.45) is 0 Å². The highest BCUT2D eigenvalue weighted by Gasteiger charge is 2.31. The number of amides is 2. The second kappa shape index (κ2) is 7.07. The summed E-state index contributed by atoms with van der Waals surface area (Å²) in [6.07, 6.45) is -3.46. The summed E-state index contributed by atoms with van der Waals surface area (Å²) in [5.41, 5.74) is 0.258. The normalized spacial score (nSPS) is 12.3. The van der Waals surface area contributed by atoms with Crippen LogP contribution in [-0.2, 0) is 4.79 Å². The van der Waals surface area contributed by atoms with E-state index in [1.54, 1.807) is 0 Å². The highest BCUT2D eigenvalue weighted by atomic mass is 19.4. The molecule has 0 saturated heterocycles. The predicted octanol–water partition coefficient (Wildman–Crippen LogP) is 2.94. The predicted molar refractivity (Wildman–Crippen MR) is 77.4 cm³/mol. The van der Waals surface area contributed by atoms with Crippen molar-refractivity contribution in [3.63, 3.8) is 0 Å². The summed E-state index contributed by atoms with van der Waals surface area (Å²) in [6, 6.07) is 6.72. The number of carbonyl (C=O) groups is 2. The van der Waals surface area contributed by atoms with Gasteiger partial charge in [-0.3, -0.25) is 9.59 Å². The smallest absolute Gasteiger partial charge is 0.459 e. The van der Waals surface area contributed by atoms with E-state index in [-0.39, 0.29) is 11.4 Å². The molecule has 1 aromatic heterocycles. The molecule has 1 heterocycles. The monoisotopic (exact) mass is 342 g/mol. The van der Waals surface area contributed by atoms with Crippen molar-refractivity contribution in [3.05, 3.63) is 48.4 Å². The van der Waals surface area contributed by atoms with Crippen LogP contribution in [0.3, 0.4) is 0 Å². The third-order valence-electron chi connectivity index (χ3n) is 2.84. The van der Waals surface area contributed by atoms with Gasteiger partial charge in [-0.05, 0) is 43.3 Å². The molecule has 0 spiro atoms. The summed E-state index contributed by atoms with van der Waals surface area (Å²) in [5, 5.41) is 4.89. The largest absolute Gasteiger partial charge is 0.573 e. The Morgan fingerprint density at radius 2 is 1.83 bits per heavy atom. The van der Waals surface area contributed by atoms with Crippen molar-refractivity contribution in [2.45, 2.75) is 19.3 Å². The SMILES string of the molecule is CC(NC(=O)c1ccco1)C(=O)Nc1ccc(OC(F)(F)F)cc1. The molecule has 0 radical (unpaired) electrons. The van der Waals surface area contributed by atoms with Gasteiger partial charge in [-0.2, -0.15) is 0 Å². The standard InChI is InChI=1S/C15H13F3N2O4/c1-9(19-14(22)12-3-2-8-23-12)13(21)20-10-4-6-11(7-5-10)24-15(16,17)18/h2-9H,1H3,(H,19,22)(H,20,21). The molecular formula is C15H13F3N2O4. The molecule has 1 unspecified atom stereocenters. The summed E-state index contributed by atoms with van der Waals surface area (Å²) in [6.45, 7) is 1.46. The zero-order valence-electron chi connectivity index (χ0n) is 12.4. The van der Waals surface area contributed by atoms with E-state index in [9.17, 15) is 22.8 Å². The summed E-state index contributed by atoms with van der Waals surface area (Å²) < 4.78 is 44.8. The molecule has 0 saturated carbocycles. The van der Waals surface area contributed by atoms with E-state index in [1.165, 1.54) is 37.5 Å². The van der Waals surface area contributed by atoms with Gasteiger partial charge < -0.3 is 19.8 Å². The zero-order valence-corrected chi connectivity index (χ0v) is 12.4. The number of hydrogen-bond donors (Lipinski definition) is 2. The quantitative estimate of drug-likeness (QED) is 0.875. The van der Waals surface area contributed by atoms with Crippen LogP contribution in [0.2, 0.25) is 0 Å². The fourth-order valence-corrected chi connectivity index (χ4v) is 1.73. The van der Waals surface area contributed by atoms with Crippen molar-refractivity contribution >= 4 is 17.5 Å². The molecule has 24 heavy (non-hydrogen) atoms. The van der Waals surface area contributed by atoms with E-state index in [0.29, 0.717) is 0 Å². The van der Waals surface area contributed by atoms with Crippen molar-refractivity contribution in [1.29, 1.82) is 0 Å². The van der Waals surface area contributed by atoms with Gasteiger partial charge in [-0.1, -0.05) is 0 Å². The minimum atomic E-state index is -4.78. The van der Waals surface area contributed by atoms with Crippen molar-refractivity contribution in [1.82, 2.24) is 5.32 Å². The lowest BCUT2D eigenvalue weighted by molar-refractivity contribution is -0.274. The number of carbonyl (C=O) groups excluding carboxylic acids is 2. The van der Waals surface area contributed by atoms with Gasteiger partial charge in [-0.25, -0.2) is 0 Å². The van der Waals surface area contributed by atoms with Crippen LogP contribution in [0.25, 0.3) is 0 Å². The average molecular weight is 342 g/mol. The van der Waals surface area contributed by atoms with Crippen LogP contribution < -0.4 is 15.4 Å². The Morgan fingerprint density at radius 3 is 2.38 bits per heavy atom. The lowest BCUT2D eigenvalue weighted by Gasteiger charge is -2.14. The molecule has 0 aliphatic carbocycles. The van der Waals surface area contributed by atoms with Gasteiger partial charge in [0.25, 0.3) is 5.91 Å². The number of furan rings is 1. The fourth-order valence-electron chi connectivity index (χ4n) is 1.73. The third kappa shape index (κ3) is 5.04. The molecule has 6 nitrogen and oxygen atoms in total. The maximum Gasteiger partial charge on any atom is 0.573 e. The molecule has 0 aliphatic heterocycles. The summed E-state index contributed by atoms with van der Waals surface area (Å²) >= 11 is 0. The van der Waals surface area contributed by atoms with E-state index in [0.717, 1.165) is 12.1 Å². The third-order valence-corrected chi connectivity index (χ3v) is 2.84. The molecule has 0 bridgehead atoms. The number of benzene rings is 1. The molecule has 1 aromatic carbocycles. The maximum absolute atomic E-state index is 12.1. The van der Waals surface area contributed by atoms with Gasteiger partial charge in [-0.15, -0.1) is 13.2 Å². The van der Waals surface area contributed by atoms with Crippen molar-refractivity contribution in [3.8, 4) is 5.75 Å². The molecule has 2 N–H and O–H groups in total. The highest BCUT2D eigenvalue weighted by molar-refractivity contribution is 5.99. The number of nitrogens with one attached hydrogen (secondary N) is 2. The van der Waals surface area contributed by atoms with E-state index >= 15 is 0 Å². The summed E-state index contributed by atoms with van der Waals surface area (Å²) in [4.78, 5) is 23.7. The van der Waals surface area contributed by atoms with Crippen LogP contribution >= 0.6 is 0 Å². The maximum atomic E-state index is 12.1. The van der Waals surface area contributed by atoms with Crippen LogP contribution in [0.5, 0.6) is 5.75 Å². The number of anilines is 1. The lowest BCUT2D eigenvalue weighted by Crippen LogP contribution is -2.41. The molecule has 9 heteroatoms. The topological polar surface area (TPSA) is 80.6 Å². The Bertz CT molecular complexity index is 697. The molecule has 2 aromatic rings. The lowest BCUT2D eigenvalue weighted by atomic mass is 10.2. The van der Waals surface area contributed by atoms with Crippen LogP contribution in [0.15, 0.2) is 47.1 Å². The first-order valence-corrected chi connectivity index (χ1v) is 6.75. The highest BCUT2D eigenvalue weighted by Crippen LogP contribution is 2.23. The fraction of sp³-hybridized carbons (Fsp3) is 0.200. The Labute approximate surface area is 134 Å². The number of rotatable bonds is 5. The van der Waals surface area contributed by atoms with Gasteiger partial charge in [0, 0.05) is 5.69 Å². The van der Waals surface area contributed by atoms with E-state index in [2.05, 4.69) is 15.4 Å². The van der Waals surface area contributed by atoms with E-state index < -0.39 is 30.0 Å². The molecule has 0 aliphatic rings. The summed E-state index contributed by atoms with van der Waals surface area (Å²) in [5.74, 6) is -1.45. The number of hydrogen-bond acceptors (Lipinski definition) is 4. The van der Waals surface area contributed by atoms with E-state index in [1.807, 2.05) is 0 Å². The molecule has 128 valence electrons. The van der Waals surface area contributed by atoms with Gasteiger partial charge in [0.05, 0.1) is 6.26 Å². The van der Waals surface area contributed by atoms with Crippen LogP contribution in [0.4, 0.5) is 18.9 Å². The minimum absolute atomic E-state index is 0.0586. The van der Waals surface area contributed by atoms with Gasteiger partial charge in [0.2, 0.25) is 5.91 Å². The molecule has 1 atom stereocenters. The number of ether oxygens (including phenoxy) is 1. The molecular weight excluding hydrogens is 329 g/mol. The second-order valence-electron chi connectivity index (χ2n) is 4.73. The van der Waals surface area contributed by atoms with Crippen molar-refractivity contribution < 1.29 is 31.9 Å². The summed E-state index contributed by atoms with van der Waals surface area (Å²) in [7, 11) is 0. The first-order chi connectivity index (χ1) is 11.2. The Kier molecular flexibility index (Phi) is 5.12. The second-order valence-corrected chi connectivity index (χ2v) is 4.73. The number of halogens is 3. The first-order valence-electron chi connectivity index (χ1n) is 6.75. The van der Waals surface area contributed by atoms with Crippen molar-refractivity contribution in [2.75, 3.05) is 5.32 Å². The first kappa shape index (κ1) is 17.4. The van der Waals surface area contributed by atoms with Gasteiger partial charge >= 0.3 is 6.36 Å². The molecule has 2 rings (SSSR count). The number of alkyl halides is 3. The van der Waals surface area contributed by atoms with Gasteiger partial charge in [0.15, 0.2) is 5.76 Å². The average Bonchev–Trinajstić information content (AvgIpc) is 3.02. The van der Waals surface area contributed by atoms with E-state index in [4.69, 9.17) is 4.42 Å². The van der Waals surface area contributed by atoms with Gasteiger partial charge in [0.1, 0.15) is 11.8 Å².